The van der Waals surface area contributed by atoms with Crippen molar-refractivity contribution >= 4 is 5.76 Å². The summed E-state index contributed by atoms with van der Waals surface area (Å²) in [6.07, 6.45) is 8.37. The van der Waals surface area contributed by atoms with E-state index in [0.717, 1.165) is 23.3 Å². The Morgan fingerprint density at radius 2 is 2.17 bits per heavy atom. The molecule has 0 amide bonds. The minimum atomic E-state index is 0.266. The maximum absolute atomic E-state index is 10.4. The molecule has 1 aromatic rings. The van der Waals surface area contributed by atoms with Gasteiger partial charge in [-0.3, -0.25) is 0 Å². The van der Waals surface area contributed by atoms with Crippen molar-refractivity contribution in [1.82, 2.24) is 0 Å². The van der Waals surface area contributed by atoms with Crippen LogP contribution in [0.15, 0.2) is 48.1 Å². The Bertz CT molecular complexity index is 611. The van der Waals surface area contributed by atoms with Crippen molar-refractivity contribution in [3.05, 3.63) is 53.6 Å². The highest BCUT2D eigenvalue weighted by molar-refractivity contribution is 5.72. The molecule has 1 N–H and O–H groups in total. The maximum atomic E-state index is 10.4. The van der Waals surface area contributed by atoms with Gasteiger partial charge in [-0.25, -0.2) is 0 Å². The summed E-state index contributed by atoms with van der Waals surface area (Å²) in [6.45, 7) is 8.93. The standard InChI is InChI=1S/C20H26O3/c1-4-6-7-8-11-22-17-9-10-18-19(13-17)23-14-16(20(18)21)12-15(3)5-2/h5,9-10,12-13,21H,2,4,6-8,11,14H2,1,3H3. The highest BCUT2D eigenvalue weighted by atomic mass is 16.5. The third kappa shape index (κ3) is 4.65. The van der Waals surface area contributed by atoms with E-state index in [9.17, 15) is 5.11 Å². The first-order valence-electron chi connectivity index (χ1n) is 8.28. The van der Waals surface area contributed by atoms with Gasteiger partial charge in [-0.2, -0.15) is 0 Å². The summed E-state index contributed by atoms with van der Waals surface area (Å²) in [7, 11) is 0. The molecule has 3 heteroatoms. The summed E-state index contributed by atoms with van der Waals surface area (Å²) in [5.41, 5.74) is 2.46. The molecule has 0 fully saturated rings. The Kier molecular flexibility index (Phi) is 6.33. The Balaban J connectivity index is 2.06. The van der Waals surface area contributed by atoms with Gasteiger partial charge < -0.3 is 14.6 Å². The normalized spacial score (nSPS) is 14.3. The lowest BCUT2D eigenvalue weighted by atomic mass is 10.0. The Morgan fingerprint density at radius 1 is 1.35 bits per heavy atom. The van der Waals surface area contributed by atoms with Crippen LogP contribution in [0.3, 0.4) is 0 Å². The van der Waals surface area contributed by atoms with Crippen LogP contribution >= 0.6 is 0 Å². The van der Waals surface area contributed by atoms with Crippen LogP contribution in [0.25, 0.3) is 5.76 Å². The predicted octanol–water partition coefficient (Wildman–Crippen LogP) is 5.44. The first-order valence-corrected chi connectivity index (χ1v) is 8.28. The number of aliphatic hydroxyl groups excluding tert-OH is 1. The number of hydrogen-bond acceptors (Lipinski definition) is 3. The largest absolute Gasteiger partial charge is 0.507 e. The van der Waals surface area contributed by atoms with Crippen LogP contribution < -0.4 is 9.47 Å². The van der Waals surface area contributed by atoms with Gasteiger partial charge in [0.15, 0.2) is 0 Å². The minimum absolute atomic E-state index is 0.266. The zero-order valence-electron chi connectivity index (χ0n) is 14.1. The van der Waals surface area contributed by atoms with Crippen LogP contribution in [0.1, 0.15) is 45.1 Å². The molecule has 0 saturated heterocycles. The van der Waals surface area contributed by atoms with Gasteiger partial charge in [0, 0.05) is 11.6 Å². The smallest absolute Gasteiger partial charge is 0.134 e. The van der Waals surface area contributed by atoms with Crippen LogP contribution in [0.2, 0.25) is 0 Å². The topological polar surface area (TPSA) is 38.7 Å². The fraction of sp³-hybridized carbons (Fsp3) is 0.400. The minimum Gasteiger partial charge on any atom is -0.507 e. The van der Waals surface area contributed by atoms with E-state index in [1.54, 1.807) is 6.08 Å². The number of hydrogen-bond donors (Lipinski definition) is 1. The second-order valence-electron chi connectivity index (χ2n) is 5.82. The number of unbranched alkanes of at least 4 members (excludes halogenated alkanes) is 3. The third-order valence-corrected chi connectivity index (χ3v) is 3.89. The molecule has 124 valence electrons. The van der Waals surface area contributed by atoms with Gasteiger partial charge in [0.25, 0.3) is 0 Å². The summed E-state index contributed by atoms with van der Waals surface area (Å²) in [4.78, 5) is 0. The van der Waals surface area contributed by atoms with Crippen LogP contribution in [-0.4, -0.2) is 18.3 Å². The molecule has 3 nitrogen and oxygen atoms in total. The SMILES string of the molecule is C=CC(C)=CC1=C(O)c2ccc(OCCCCCC)cc2OC1. The fourth-order valence-corrected chi connectivity index (χ4v) is 2.47. The molecule has 1 aliphatic rings. The van der Waals surface area contributed by atoms with Gasteiger partial charge in [0.1, 0.15) is 23.9 Å². The van der Waals surface area contributed by atoms with E-state index in [2.05, 4.69) is 13.5 Å². The van der Waals surface area contributed by atoms with Crippen LogP contribution in [-0.2, 0) is 0 Å². The molecule has 0 aliphatic carbocycles. The number of rotatable bonds is 8. The lowest BCUT2D eigenvalue weighted by molar-refractivity contribution is 0.298. The molecule has 0 bridgehead atoms. The molecule has 0 atom stereocenters. The Labute approximate surface area is 138 Å². The number of aliphatic hydroxyl groups is 1. The van der Waals surface area contributed by atoms with Gasteiger partial charge in [-0.1, -0.05) is 44.4 Å². The highest BCUT2D eigenvalue weighted by Crippen LogP contribution is 2.35. The van der Waals surface area contributed by atoms with E-state index < -0.39 is 0 Å². The van der Waals surface area contributed by atoms with Crippen molar-refractivity contribution in [2.24, 2.45) is 0 Å². The highest BCUT2D eigenvalue weighted by Gasteiger charge is 2.19. The van der Waals surface area contributed by atoms with Crippen molar-refractivity contribution in [2.75, 3.05) is 13.2 Å². The molecule has 1 heterocycles. The summed E-state index contributed by atoms with van der Waals surface area (Å²) in [5.74, 6) is 1.72. The van der Waals surface area contributed by atoms with Gasteiger partial charge in [-0.05, 0) is 31.6 Å². The van der Waals surface area contributed by atoms with E-state index >= 15 is 0 Å². The summed E-state index contributed by atoms with van der Waals surface area (Å²) < 4.78 is 11.5. The molecular formula is C20H26O3. The second-order valence-corrected chi connectivity index (χ2v) is 5.82. The van der Waals surface area contributed by atoms with Crippen molar-refractivity contribution in [2.45, 2.75) is 39.5 Å². The Morgan fingerprint density at radius 3 is 2.91 bits per heavy atom. The zero-order valence-corrected chi connectivity index (χ0v) is 14.1. The number of allylic oxidation sites excluding steroid dienone is 2. The van der Waals surface area contributed by atoms with Crippen molar-refractivity contribution in [3.63, 3.8) is 0 Å². The molecule has 0 unspecified atom stereocenters. The average molecular weight is 314 g/mol. The molecule has 0 spiro atoms. The van der Waals surface area contributed by atoms with Crippen LogP contribution in [0.4, 0.5) is 0 Å². The molecule has 1 aliphatic heterocycles. The van der Waals surface area contributed by atoms with E-state index in [4.69, 9.17) is 9.47 Å². The van der Waals surface area contributed by atoms with Gasteiger partial charge in [0.2, 0.25) is 0 Å². The second kappa shape index (κ2) is 8.47. The Hall–Kier alpha value is -2.16. The third-order valence-electron chi connectivity index (χ3n) is 3.89. The first-order chi connectivity index (χ1) is 11.2. The molecule has 2 rings (SSSR count). The van der Waals surface area contributed by atoms with E-state index in [1.807, 2.05) is 31.2 Å². The number of benzene rings is 1. The zero-order chi connectivity index (χ0) is 16.7. The summed E-state index contributed by atoms with van der Waals surface area (Å²) >= 11 is 0. The number of ether oxygens (including phenoxy) is 2. The van der Waals surface area contributed by atoms with E-state index in [0.29, 0.717) is 24.5 Å². The lowest BCUT2D eigenvalue weighted by Gasteiger charge is -2.20. The van der Waals surface area contributed by atoms with Crippen LogP contribution in [0, 0.1) is 0 Å². The molecule has 0 aromatic heterocycles. The monoisotopic (exact) mass is 314 g/mol. The molecule has 0 radical (unpaired) electrons. The van der Waals surface area contributed by atoms with Crippen molar-refractivity contribution in [3.8, 4) is 11.5 Å². The predicted molar refractivity (Wildman–Crippen MR) is 95.1 cm³/mol. The number of fused-ring (bicyclic) bond motifs is 1. The maximum Gasteiger partial charge on any atom is 0.134 e. The molecule has 23 heavy (non-hydrogen) atoms. The van der Waals surface area contributed by atoms with Gasteiger partial charge in [0.05, 0.1) is 12.2 Å². The van der Waals surface area contributed by atoms with Crippen molar-refractivity contribution in [1.29, 1.82) is 0 Å². The molecule has 1 aromatic carbocycles. The fourth-order valence-electron chi connectivity index (χ4n) is 2.47. The summed E-state index contributed by atoms with van der Waals surface area (Å²) in [5, 5.41) is 10.4. The van der Waals surface area contributed by atoms with Gasteiger partial charge >= 0.3 is 0 Å². The van der Waals surface area contributed by atoms with Crippen LogP contribution in [0.5, 0.6) is 11.5 Å². The lowest BCUT2D eigenvalue weighted by Crippen LogP contribution is -2.10. The quantitative estimate of drug-likeness (QED) is 0.513. The molecule has 0 saturated carbocycles. The van der Waals surface area contributed by atoms with E-state index in [-0.39, 0.29) is 5.76 Å². The first kappa shape index (κ1) is 17.2. The summed E-state index contributed by atoms with van der Waals surface area (Å²) in [6, 6.07) is 5.58. The average Bonchev–Trinajstić information content (AvgIpc) is 2.57. The van der Waals surface area contributed by atoms with Crippen molar-refractivity contribution < 1.29 is 14.6 Å². The van der Waals surface area contributed by atoms with E-state index in [1.165, 1.54) is 19.3 Å². The molecular weight excluding hydrogens is 288 g/mol. The van der Waals surface area contributed by atoms with Gasteiger partial charge in [-0.15, -0.1) is 0 Å².